The second kappa shape index (κ2) is 6.71. The molecule has 1 aromatic heterocycles. The lowest BCUT2D eigenvalue weighted by molar-refractivity contribution is -0.141. The molecule has 0 aromatic carbocycles. The summed E-state index contributed by atoms with van der Waals surface area (Å²) in [6.07, 6.45) is 0.936. The number of hydrogen-bond acceptors (Lipinski definition) is 4. The molecule has 0 N–H and O–H groups in total. The van der Waals surface area contributed by atoms with Crippen LogP contribution >= 0.6 is 0 Å². The third kappa shape index (κ3) is 3.81. The SMILES string of the molecule is CCN(c1nc(N(C)C)cc(C(F)(F)F)n1)C1CCCCC1. The van der Waals surface area contributed by atoms with Gasteiger partial charge in [-0.25, -0.2) is 4.98 Å². The van der Waals surface area contributed by atoms with Crippen molar-refractivity contribution < 1.29 is 13.2 Å². The van der Waals surface area contributed by atoms with E-state index in [2.05, 4.69) is 9.97 Å². The Morgan fingerprint density at radius 1 is 1.14 bits per heavy atom. The fourth-order valence-corrected chi connectivity index (χ4v) is 2.88. The van der Waals surface area contributed by atoms with Gasteiger partial charge < -0.3 is 9.80 Å². The summed E-state index contributed by atoms with van der Waals surface area (Å²) in [6.45, 7) is 2.55. The molecule has 1 aromatic rings. The van der Waals surface area contributed by atoms with E-state index in [0.29, 0.717) is 6.54 Å². The van der Waals surface area contributed by atoms with Crippen LogP contribution in [0.1, 0.15) is 44.7 Å². The van der Waals surface area contributed by atoms with Crippen molar-refractivity contribution in [2.75, 3.05) is 30.4 Å². The zero-order chi connectivity index (χ0) is 16.3. The van der Waals surface area contributed by atoms with E-state index >= 15 is 0 Å². The van der Waals surface area contributed by atoms with E-state index in [1.54, 1.807) is 19.0 Å². The third-order valence-corrected chi connectivity index (χ3v) is 4.06. The molecule has 0 aliphatic heterocycles. The zero-order valence-electron chi connectivity index (χ0n) is 13.3. The van der Waals surface area contributed by atoms with Crippen LogP contribution in [0, 0.1) is 0 Å². The highest BCUT2D eigenvalue weighted by atomic mass is 19.4. The molecular weight excluding hydrogens is 293 g/mol. The average molecular weight is 316 g/mol. The molecule has 2 rings (SSSR count). The number of hydrogen-bond donors (Lipinski definition) is 0. The molecule has 1 aliphatic rings. The molecule has 7 heteroatoms. The van der Waals surface area contributed by atoms with E-state index in [1.807, 2.05) is 11.8 Å². The van der Waals surface area contributed by atoms with Gasteiger partial charge in [-0.3, -0.25) is 0 Å². The molecule has 0 saturated heterocycles. The highest BCUT2D eigenvalue weighted by molar-refractivity contribution is 5.46. The first-order valence-electron chi connectivity index (χ1n) is 7.73. The van der Waals surface area contributed by atoms with Crippen molar-refractivity contribution in [2.45, 2.75) is 51.2 Å². The first-order valence-corrected chi connectivity index (χ1v) is 7.73. The van der Waals surface area contributed by atoms with Gasteiger partial charge in [0.15, 0.2) is 5.69 Å². The van der Waals surface area contributed by atoms with E-state index in [9.17, 15) is 13.2 Å². The summed E-state index contributed by atoms with van der Waals surface area (Å²) in [7, 11) is 3.37. The van der Waals surface area contributed by atoms with Crippen molar-refractivity contribution in [2.24, 2.45) is 0 Å². The Morgan fingerprint density at radius 3 is 2.27 bits per heavy atom. The quantitative estimate of drug-likeness (QED) is 0.847. The van der Waals surface area contributed by atoms with Gasteiger partial charge in [0.05, 0.1) is 0 Å². The van der Waals surface area contributed by atoms with Gasteiger partial charge in [-0.15, -0.1) is 0 Å². The van der Waals surface area contributed by atoms with Crippen LogP contribution in [0.15, 0.2) is 6.07 Å². The number of rotatable bonds is 4. The predicted octanol–water partition coefficient (Wildman–Crippen LogP) is 3.72. The summed E-state index contributed by atoms with van der Waals surface area (Å²) in [5.41, 5.74) is -0.879. The molecule has 0 unspecified atom stereocenters. The van der Waals surface area contributed by atoms with Gasteiger partial charge in [-0.05, 0) is 19.8 Å². The van der Waals surface area contributed by atoms with Crippen LogP contribution in [-0.2, 0) is 6.18 Å². The van der Waals surface area contributed by atoms with Gasteiger partial charge in [0.25, 0.3) is 0 Å². The lowest BCUT2D eigenvalue weighted by Gasteiger charge is -2.34. The minimum Gasteiger partial charge on any atom is -0.363 e. The van der Waals surface area contributed by atoms with Crippen LogP contribution in [0.4, 0.5) is 24.9 Å². The summed E-state index contributed by atoms with van der Waals surface area (Å²) >= 11 is 0. The smallest absolute Gasteiger partial charge is 0.363 e. The van der Waals surface area contributed by atoms with Crippen LogP contribution < -0.4 is 9.80 Å². The number of anilines is 2. The van der Waals surface area contributed by atoms with Crippen molar-refractivity contribution >= 4 is 11.8 Å². The van der Waals surface area contributed by atoms with E-state index in [0.717, 1.165) is 31.7 Å². The maximum absolute atomic E-state index is 13.1. The highest BCUT2D eigenvalue weighted by Crippen LogP contribution is 2.32. The minimum atomic E-state index is -4.46. The summed E-state index contributed by atoms with van der Waals surface area (Å²) in [5, 5.41) is 0. The minimum absolute atomic E-state index is 0.188. The maximum atomic E-state index is 13.1. The Labute approximate surface area is 129 Å². The van der Waals surface area contributed by atoms with E-state index < -0.39 is 11.9 Å². The maximum Gasteiger partial charge on any atom is 0.433 e. The molecular formula is C15H23F3N4. The van der Waals surface area contributed by atoms with Gasteiger partial charge in [0, 0.05) is 32.7 Å². The second-order valence-electron chi connectivity index (χ2n) is 5.88. The van der Waals surface area contributed by atoms with Crippen LogP contribution in [0.5, 0.6) is 0 Å². The van der Waals surface area contributed by atoms with Crippen molar-refractivity contribution in [3.05, 3.63) is 11.8 Å². The molecule has 22 heavy (non-hydrogen) atoms. The second-order valence-corrected chi connectivity index (χ2v) is 5.88. The van der Waals surface area contributed by atoms with Crippen LogP contribution in [-0.4, -0.2) is 36.6 Å². The molecule has 0 spiro atoms. The Bertz CT molecular complexity index is 496. The Balaban J connectivity index is 2.40. The first kappa shape index (κ1) is 16.8. The van der Waals surface area contributed by atoms with Gasteiger partial charge >= 0.3 is 6.18 Å². The lowest BCUT2D eigenvalue weighted by atomic mass is 9.94. The van der Waals surface area contributed by atoms with Crippen LogP contribution in [0.3, 0.4) is 0 Å². The Kier molecular flexibility index (Phi) is 5.13. The van der Waals surface area contributed by atoms with Crippen molar-refractivity contribution in [1.82, 2.24) is 9.97 Å². The molecule has 1 saturated carbocycles. The monoisotopic (exact) mass is 316 g/mol. The Hall–Kier alpha value is -1.53. The summed E-state index contributed by atoms with van der Waals surface area (Å²) in [5.74, 6) is 0.472. The Morgan fingerprint density at radius 2 is 1.77 bits per heavy atom. The zero-order valence-corrected chi connectivity index (χ0v) is 13.3. The third-order valence-electron chi connectivity index (χ3n) is 4.06. The molecule has 0 amide bonds. The molecule has 1 fully saturated rings. The predicted molar refractivity (Wildman–Crippen MR) is 81.3 cm³/mol. The fraction of sp³-hybridized carbons (Fsp3) is 0.733. The van der Waals surface area contributed by atoms with E-state index in [4.69, 9.17) is 0 Å². The van der Waals surface area contributed by atoms with Crippen molar-refractivity contribution in [1.29, 1.82) is 0 Å². The van der Waals surface area contributed by atoms with Gasteiger partial charge in [0.1, 0.15) is 5.82 Å². The van der Waals surface area contributed by atoms with E-state index in [1.165, 1.54) is 6.42 Å². The lowest BCUT2D eigenvalue weighted by Crippen LogP contribution is -2.38. The highest BCUT2D eigenvalue weighted by Gasteiger charge is 2.35. The topological polar surface area (TPSA) is 32.3 Å². The summed E-state index contributed by atoms with van der Waals surface area (Å²) in [6, 6.07) is 1.23. The van der Waals surface area contributed by atoms with Crippen molar-refractivity contribution in [3.8, 4) is 0 Å². The van der Waals surface area contributed by atoms with Gasteiger partial charge in [0.2, 0.25) is 5.95 Å². The molecule has 4 nitrogen and oxygen atoms in total. The number of aromatic nitrogens is 2. The molecule has 1 aliphatic carbocycles. The summed E-state index contributed by atoms with van der Waals surface area (Å²) < 4.78 is 39.3. The standard InChI is InChI=1S/C15H23F3N4/c1-4-22(11-8-6-5-7-9-11)14-19-12(15(16,17)18)10-13(20-14)21(2)3/h10-11H,4-9H2,1-3H3. The molecule has 124 valence electrons. The number of nitrogens with zero attached hydrogens (tertiary/aromatic N) is 4. The fourth-order valence-electron chi connectivity index (χ4n) is 2.88. The molecule has 0 radical (unpaired) electrons. The largest absolute Gasteiger partial charge is 0.433 e. The molecule has 1 heterocycles. The first-order chi connectivity index (χ1) is 10.3. The number of halogens is 3. The van der Waals surface area contributed by atoms with Crippen LogP contribution in [0.2, 0.25) is 0 Å². The molecule has 0 atom stereocenters. The summed E-state index contributed by atoms with van der Waals surface area (Å²) in [4.78, 5) is 11.6. The van der Waals surface area contributed by atoms with Gasteiger partial charge in [-0.2, -0.15) is 18.2 Å². The normalized spacial score (nSPS) is 16.6. The molecule has 0 bridgehead atoms. The number of alkyl halides is 3. The van der Waals surface area contributed by atoms with E-state index in [-0.39, 0.29) is 17.8 Å². The van der Waals surface area contributed by atoms with Crippen LogP contribution in [0.25, 0.3) is 0 Å². The average Bonchev–Trinajstić information content (AvgIpc) is 2.48. The van der Waals surface area contributed by atoms with Crippen molar-refractivity contribution in [3.63, 3.8) is 0 Å². The van der Waals surface area contributed by atoms with Gasteiger partial charge in [-0.1, -0.05) is 19.3 Å².